The number of carbonyl (C=O) groups is 4. The summed E-state index contributed by atoms with van der Waals surface area (Å²) in [5.74, 6) is -2.41. The largest absolute Gasteiger partial charge is 0.456 e. The number of esters is 2. The van der Waals surface area contributed by atoms with Crippen molar-refractivity contribution in [3.05, 3.63) is 32.2 Å². The van der Waals surface area contributed by atoms with Gasteiger partial charge in [-0.2, -0.15) is 0 Å². The van der Waals surface area contributed by atoms with E-state index in [0.717, 1.165) is 6.42 Å². The number of nitrogens with one attached hydrogen (secondary N) is 2. The van der Waals surface area contributed by atoms with Gasteiger partial charge in [0.15, 0.2) is 11.8 Å². The highest BCUT2D eigenvalue weighted by Gasteiger charge is 2.43. The van der Waals surface area contributed by atoms with E-state index in [0.29, 0.717) is 29.3 Å². The normalized spacial score (nSPS) is 22.9. The van der Waals surface area contributed by atoms with Crippen molar-refractivity contribution in [2.75, 3.05) is 6.54 Å². The molecule has 3 rings (SSSR count). The van der Waals surface area contributed by atoms with Crippen LogP contribution in [0.25, 0.3) is 0 Å². The monoisotopic (exact) mass is 674 g/mol. The van der Waals surface area contributed by atoms with Gasteiger partial charge in [-0.25, -0.2) is 14.8 Å². The molecule has 3 heterocycles. The zero-order chi connectivity index (χ0) is 32.1. The van der Waals surface area contributed by atoms with E-state index < -0.39 is 51.8 Å². The van der Waals surface area contributed by atoms with Gasteiger partial charge in [-0.05, 0) is 51.9 Å². The van der Waals surface area contributed by atoms with Crippen LogP contribution in [0.4, 0.5) is 0 Å². The molecule has 0 aliphatic carbocycles. The summed E-state index contributed by atoms with van der Waals surface area (Å²) < 4.78 is 11.0. The fourth-order valence-electron chi connectivity index (χ4n) is 4.43. The third kappa shape index (κ3) is 9.36. The first-order chi connectivity index (χ1) is 20.0. The van der Waals surface area contributed by atoms with E-state index in [9.17, 15) is 19.2 Å². The van der Waals surface area contributed by atoms with Crippen LogP contribution in [0.1, 0.15) is 117 Å². The Bertz CT molecular complexity index is 1310. The van der Waals surface area contributed by atoms with Gasteiger partial charge in [-0.3, -0.25) is 14.4 Å². The first-order valence-corrected chi connectivity index (χ1v) is 16.8. The number of aromatic nitrogens is 2. The lowest BCUT2D eigenvalue weighted by molar-refractivity contribution is -0.169. The number of carbonyl (C=O) groups excluding carboxylic acids is 4. The highest BCUT2D eigenvalue weighted by molar-refractivity contribution is 7.10. The molecule has 2 amide bonds. The molecule has 1 aliphatic rings. The van der Waals surface area contributed by atoms with Crippen LogP contribution in [0.15, 0.2) is 10.8 Å². The fraction of sp³-hybridized carbons (Fsp3) is 0.655. The number of halogens is 2. The number of hydrogen-bond donors (Lipinski definition) is 2. The number of fused-ring (bicyclic) bond motifs is 4. The summed E-state index contributed by atoms with van der Waals surface area (Å²) in [4.78, 5) is 61.8. The van der Waals surface area contributed by atoms with Crippen molar-refractivity contribution in [1.29, 1.82) is 0 Å². The van der Waals surface area contributed by atoms with E-state index >= 15 is 0 Å². The minimum Gasteiger partial charge on any atom is -0.456 e. The summed E-state index contributed by atoms with van der Waals surface area (Å²) in [7, 11) is 0. The number of rotatable bonds is 7. The predicted octanol–water partition coefficient (Wildman–Crippen LogP) is 6.40. The standard InChI is InChI=1S/C29H40Cl2N4O6S2/c1-8-16(4)21-24-34-18(14-42-24)26(38)40-19(10-9-11-29(7,30)31)28(5,6)27(39)41-22(15(2)3)25-33-17(13-43-25)23(37)32-12-20(36)35-21/h13-16,19,21-22H,8-12H2,1-7H3,(H,32,37)(H,35,36)/t16-,19-,21-,22-/m0/s1. The maximum Gasteiger partial charge on any atom is 0.358 e. The average molecular weight is 676 g/mol. The summed E-state index contributed by atoms with van der Waals surface area (Å²) >= 11 is 14.8. The summed E-state index contributed by atoms with van der Waals surface area (Å²) in [6.45, 7) is 12.4. The third-order valence-electron chi connectivity index (χ3n) is 7.44. The Morgan fingerprint density at radius 2 is 1.67 bits per heavy atom. The van der Waals surface area contributed by atoms with E-state index in [1.54, 1.807) is 31.5 Å². The van der Waals surface area contributed by atoms with Gasteiger partial charge in [0.1, 0.15) is 26.1 Å². The highest BCUT2D eigenvalue weighted by atomic mass is 35.5. The quantitative estimate of drug-likeness (QED) is 0.254. The highest BCUT2D eigenvalue weighted by Crippen LogP contribution is 2.37. The Morgan fingerprint density at radius 3 is 2.30 bits per heavy atom. The Morgan fingerprint density at radius 1 is 1.05 bits per heavy atom. The summed E-state index contributed by atoms with van der Waals surface area (Å²) in [6, 6.07) is -0.493. The van der Waals surface area contributed by atoms with Crippen molar-refractivity contribution in [3.8, 4) is 0 Å². The molecule has 1 aliphatic heterocycles. The van der Waals surface area contributed by atoms with E-state index in [1.807, 2.05) is 27.7 Å². The molecule has 2 aromatic rings. The summed E-state index contributed by atoms with van der Waals surface area (Å²) in [6.07, 6.45) is 0.247. The number of amides is 2. The van der Waals surface area contributed by atoms with Crippen LogP contribution in [-0.2, 0) is 19.1 Å². The molecule has 0 saturated carbocycles. The first-order valence-electron chi connectivity index (χ1n) is 14.3. The molecule has 14 heteroatoms. The lowest BCUT2D eigenvalue weighted by atomic mass is 9.83. The molecule has 10 nitrogen and oxygen atoms in total. The SMILES string of the molecule is CC[C@H](C)[C@@H]1NC(=O)CNC(=O)c2csc(n2)[C@H](C(C)C)OC(=O)C(C)(C)[C@H](CCCC(C)(Cl)Cl)OC(=O)c2csc1n2. The fourth-order valence-corrected chi connectivity index (χ4v) is 6.67. The molecule has 0 radical (unpaired) electrons. The lowest BCUT2D eigenvalue weighted by Gasteiger charge is -2.34. The zero-order valence-corrected chi connectivity index (χ0v) is 28.6. The molecule has 0 unspecified atom stereocenters. The molecule has 0 spiro atoms. The van der Waals surface area contributed by atoms with Gasteiger partial charge < -0.3 is 20.1 Å². The van der Waals surface area contributed by atoms with Crippen molar-refractivity contribution in [2.24, 2.45) is 17.3 Å². The molecule has 0 fully saturated rings. The first kappa shape index (κ1) is 35.2. The molecule has 4 bridgehead atoms. The van der Waals surface area contributed by atoms with Crippen LogP contribution in [0, 0.1) is 17.3 Å². The number of alkyl halides is 2. The maximum absolute atomic E-state index is 13.7. The van der Waals surface area contributed by atoms with E-state index in [-0.39, 0.29) is 29.8 Å². The predicted molar refractivity (Wildman–Crippen MR) is 168 cm³/mol. The van der Waals surface area contributed by atoms with Gasteiger partial charge in [0.25, 0.3) is 5.91 Å². The van der Waals surface area contributed by atoms with Gasteiger partial charge in [0.05, 0.1) is 18.0 Å². The second-order valence-corrected chi connectivity index (χ2v) is 15.5. The zero-order valence-electron chi connectivity index (χ0n) is 25.5. The van der Waals surface area contributed by atoms with Crippen molar-refractivity contribution >= 4 is 69.6 Å². The summed E-state index contributed by atoms with van der Waals surface area (Å²) in [5.41, 5.74) is -1.09. The topological polar surface area (TPSA) is 137 Å². The Kier molecular flexibility index (Phi) is 12.0. The second kappa shape index (κ2) is 14.7. The van der Waals surface area contributed by atoms with Crippen LogP contribution in [-0.4, -0.2) is 50.7 Å². The maximum atomic E-state index is 13.7. The molecule has 2 N–H and O–H groups in total. The number of thiazole rings is 2. The smallest absolute Gasteiger partial charge is 0.358 e. The van der Waals surface area contributed by atoms with E-state index in [4.69, 9.17) is 32.7 Å². The van der Waals surface area contributed by atoms with Crippen molar-refractivity contribution < 1.29 is 28.7 Å². The Balaban J connectivity index is 2.04. The van der Waals surface area contributed by atoms with Crippen LogP contribution in [0.3, 0.4) is 0 Å². The number of nitrogens with zero attached hydrogens (tertiary/aromatic N) is 2. The number of hydrogen-bond acceptors (Lipinski definition) is 10. The Labute approximate surface area is 270 Å². The number of ether oxygens (including phenoxy) is 2. The second-order valence-electron chi connectivity index (χ2n) is 11.9. The Hall–Kier alpha value is -2.28. The summed E-state index contributed by atoms with van der Waals surface area (Å²) in [5, 5.41) is 9.64. The molecule has 43 heavy (non-hydrogen) atoms. The molecule has 0 aromatic carbocycles. The van der Waals surface area contributed by atoms with Crippen molar-refractivity contribution in [1.82, 2.24) is 20.6 Å². The van der Waals surface area contributed by atoms with Gasteiger partial charge in [-0.1, -0.05) is 34.1 Å². The van der Waals surface area contributed by atoms with Gasteiger partial charge in [-0.15, -0.1) is 45.9 Å². The van der Waals surface area contributed by atoms with Crippen LogP contribution >= 0.6 is 45.9 Å². The number of cyclic esters (lactones) is 2. The van der Waals surface area contributed by atoms with Crippen LogP contribution in [0.2, 0.25) is 0 Å². The van der Waals surface area contributed by atoms with Gasteiger partial charge in [0.2, 0.25) is 5.91 Å². The van der Waals surface area contributed by atoms with Gasteiger partial charge >= 0.3 is 11.9 Å². The minimum absolute atomic E-state index is 0.0142. The van der Waals surface area contributed by atoms with E-state index in [2.05, 4.69) is 20.6 Å². The van der Waals surface area contributed by atoms with Crippen molar-refractivity contribution in [3.63, 3.8) is 0 Å². The van der Waals surface area contributed by atoms with Gasteiger partial charge in [0, 0.05) is 10.8 Å². The van der Waals surface area contributed by atoms with E-state index in [1.165, 1.54) is 22.7 Å². The molecule has 2 aromatic heterocycles. The molecule has 4 atom stereocenters. The van der Waals surface area contributed by atoms with Crippen molar-refractivity contribution in [2.45, 2.75) is 96.7 Å². The lowest BCUT2D eigenvalue weighted by Crippen LogP contribution is -2.42. The molecule has 238 valence electrons. The molecular weight excluding hydrogens is 635 g/mol. The van der Waals surface area contributed by atoms with Crippen LogP contribution in [0.5, 0.6) is 0 Å². The molecular formula is C29H40Cl2N4O6S2. The molecule has 0 saturated heterocycles. The minimum atomic E-state index is -1.27. The van der Waals surface area contributed by atoms with Crippen LogP contribution < -0.4 is 10.6 Å². The average Bonchev–Trinajstić information content (AvgIpc) is 3.61. The third-order valence-corrected chi connectivity index (χ3v) is 9.65.